The minimum atomic E-state index is 0.648. The van der Waals surface area contributed by atoms with Crippen LogP contribution in [0.25, 0.3) is 0 Å². The fraction of sp³-hybridized carbons (Fsp3) is 0.742. The van der Waals surface area contributed by atoms with E-state index in [1.54, 1.807) is 0 Å². The summed E-state index contributed by atoms with van der Waals surface area (Å²) in [4.78, 5) is 0. The van der Waals surface area contributed by atoms with Crippen molar-refractivity contribution in [3.05, 3.63) is 48.0 Å². The molecule has 1 heteroatoms. The van der Waals surface area contributed by atoms with Crippen LogP contribution in [0.3, 0.4) is 0 Å². The van der Waals surface area contributed by atoms with Gasteiger partial charge in [0.05, 0.1) is 19.6 Å². The molecule has 0 heterocycles. The van der Waals surface area contributed by atoms with Gasteiger partial charge >= 0.3 is 0 Å². The first kappa shape index (κ1) is 29.0. The second-order valence-electron chi connectivity index (χ2n) is 9.85. The summed E-state index contributed by atoms with van der Waals surface area (Å²) in [5.41, 5.74) is 1.53. The van der Waals surface area contributed by atoms with Crippen LogP contribution < -0.4 is 0 Å². The van der Waals surface area contributed by atoms with E-state index >= 15 is 0 Å². The van der Waals surface area contributed by atoms with E-state index in [0.29, 0.717) is 6.04 Å². The zero-order valence-corrected chi connectivity index (χ0v) is 22.3. The second-order valence-corrected chi connectivity index (χ2v) is 9.85. The minimum Gasteiger partial charge on any atom is -0.318 e. The number of hydrogen-bond donors (Lipinski definition) is 0. The van der Waals surface area contributed by atoms with E-state index in [4.69, 9.17) is 0 Å². The largest absolute Gasteiger partial charge is 0.318 e. The van der Waals surface area contributed by atoms with Gasteiger partial charge in [0.15, 0.2) is 0 Å². The van der Waals surface area contributed by atoms with Crippen molar-refractivity contribution in [2.24, 2.45) is 0 Å². The topological polar surface area (TPSA) is 0 Å². The predicted octanol–water partition coefficient (Wildman–Crippen LogP) is 10.0. The first-order valence-electron chi connectivity index (χ1n) is 14.3. The van der Waals surface area contributed by atoms with Gasteiger partial charge in [-0.2, -0.15) is 0 Å². The summed E-state index contributed by atoms with van der Waals surface area (Å²) < 4.78 is 1.25. The summed E-state index contributed by atoms with van der Waals surface area (Å²) >= 11 is 0. The number of benzene rings is 1. The molecule has 1 aromatic rings. The first-order valence-corrected chi connectivity index (χ1v) is 14.3. The molecule has 0 spiro atoms. The smallest absolute Gasteiger partial charge is 0.114 e. The molecule has 1 rings (SSSR count). The molecular weight excluding hydrogens is 386 g/mol. The molecule has 184 valence electrons. The number of allylic oxidation sites excluding steroid dienone is 2. The quantitative estimate of drug-likeness (QED) is 0.101. The molecule has 0 aromatic heterocycles. The van der Waals surface area contributed by atoms with Crippen molar-refractivity contribution in [1.29, 1.82) is 0 Å². The summed E-state index contributed by atoms with van der Waals surface area (Å²) in [5, 5.41) is 0. The second kappa shape index (κ2) is 19.4. The van der Waals surface area contributed by atoms with Crippen LogP contribution >= 0.6 is 0 Å². The van der Waals surface area contributed by atoms with Crippen LogP contribution in [-0.4, -0.2) is 24.1 Å². The average Bonchev–Trinajstić information content (AvgIpc) is 2.83. The lowest BCUT2D eigenvalue weighted by Crippen LogP contribution is -2.50. The van der Waals surface area contributed by atoms with Crippen molar-refractivity contribution in [3.63, 3.8) is 0 Å². The SMILES string of the molecule is CCCCCCCCC=CCCCCCCCC[N+](CC)(CC)C(CC)c1ccccc1. The van der Waals surface area contributed by atoms with Crippen LogP contribution in [0.1, 0.15) is 136 Å². The number of unbranched alkanes of at least 4 members (excludes halogenated alkanes) is 12. The van der Waals surface area contributed by atoms with Crippen LogP contribution in [0.15, 0.2) is 42.5 Å². The normalized spacial score (nSPS) is 13.1. The molecule has 0 aliphatic rings. The molecule has 0 bridgehead atoms. The van der Waals surface area contributed by atoms with Crippen molar-refractivity contribution >= 4 is 0 Å². The molecule has 1 atom stereocenters. The lowest BCUT2D eigenvalue weighted by atomic mass is 9.98. The maximum atomic E-state index is 2.44. The molecule has 1 aromatic carbocycles. The average molecular weight is 443 g/mol. The van der Waals surface area contributed by atoms with Gasteiger partial charge in [0.1, 0.15) is 6.04 Å². The third kappa shape index (κ3) is 11.7. The van der Waals surface area contributed by atoms with Gasteiger partial charge < -0.3 is 4.48 Å². The van der Waals surface area contributed by atoms with E-state index in [1.807, 2.05) is 0 Å². The Morgan fingerprint density at radius 2 is 1.12 bits per heavy atom. The van der Waals surface area contributed by atoms with Crippen molar-refractivity contribution in [2.75, 3.05) is 19.6 Å². The maximum Gasteiger partial charge on any atom is 0.114 e. The van der Waals surface area contributed by atoms with Gasteiger partial charge in [-0.1, -0.05) is 108 Å². The van der Waals surface area contributed by atoms with Crippen molar-refractivity contribution in [1.82, 2.24) is 0 Å². The van der Waals surface area contributed by atoms with Crippen LogP contribution in [0.2, 0.25) is 0 Å². The van der Waals surface area contributed by atoms with Gasteiger partial charge in [-0.25, -0.2) is 0 Å². The van der Waals surface area contributed by atoms with Crippen molar-refractivity contribution in [2.45, 2.75) is 130 Å². The summed E-state index contributed by atoms with van der Waals surface area (Å²) in [6, 6.07) is 11.9. The van der Waals surface area contributed by atoms with Crippen molar-refractivity contribution < 1.29 is 4.48 Å². The molecule has 32 heavy (non-hydrogen) atoms. The number of nitrogens with zero attached hydrogens (tertiary/aromatic N) is 1. The van der Waals surface area contributed by atoms with Crippen LogP contribution in [-0.2, 0) is 0 Å². The Morgan fingerprint density at radius 3 is 1.62 bits per heavy atom. The molecular formula is C31H56N+. The summed E-state index contributed by atoms with van der Waals surface area (Å²) in [5.74, 6) is 0. The lowest BCUT2D eigenvalue weighted by molar-refractivity contribution is -0.954. The molecule has 1 unspecified atom stereocenters. The van der Waals surface area contributed by atoms with Gasteiger partial charge in [-0.15, -0.1) is 0 Å². The fourth-order valence-electron chi connectivity index (χ4n) is 5.43. The summed E-state index contributed by atoms with van der Waals surface area (Å²) in [6.07, 6.45) is 25.5. The van der Waals surface area contributed by atoms with E-state index < -0.39 is 0 Å². The summed E-state index contributed by atoms with van der Waals surface area (Å²) in [7, 11) is 0. The van der Waals surface area contributed by atoms with E-state index in [2.05, 4.69) is 70.2 Å². The number of rotatable bonds is 21. The van der Waals surface area contributed by atoms with E-state index in [0.717, 1.165) is 0 Å². The molecule has 0 amide bonds. The van der Waals surface area contributed by atoms with Crippen LogP contribution in [0, 0.1) is 0 Å². The van der Waals surface area contributed by atoms with E-state index in [9.17, 15) is 0 Å². The zero-order valence-electron chi connectivity index (χ0n) is 22.3. The van der Waals surface area contributed by atoms with Gasteiger partial charge in [0.25, 0.3) is 0 Å². The molecule has 0 aliphatic heterocycles. The molecule has 0 saturated carbocycles. The highest BCUT2D eigenvalue weighted by atomic mass is 15.4. The van der Waals surface area contributed by atoms with Crippen molar-refractivity contribution in [3.8, 4) is 0 Å². The third-order valence-corrected chi connectivity index (χ3v) is 7.61. The summed E-state index contributed by atoms with van der Waals surface area (Å²) in [6.45, 7) is 13.3. The van der Waals surface area contributed by atoms with Crippen LogP contribution in [0.4, 0.5) is 0 Å². The standard InChI is InChI=1S/C31H56N/c1-5-9-10-11-12-13-14-15-16-17-18-19-20-21-22-26-29-32(7-3,8-4)31(6-2)30-27-24-23-25-28-30/h15-16,23-25,27-28,31H,5-14,17-22,26,29H2,1-4H3/q+1. The van der Waals surface area contributed by atoms with E-state index in [1.165, 1.54) is 126 Å². The third-order valence-electron chi connectivity index (χ3n) is 7.61. The zero-order chi connectivity index (χ0) is 23.3. The van der Waals surface area contributed by atoms with Crippen LogP contribution in [0.5, 0.6) is 0 Å². The number of hydrogen-bond acceptors (Lipinski definition) is 0. The Labute approximate surface area is 202 Å². The highest BCUT2D eigenvalue weighted by Crippen LogP contribution is 2.32. The molecule has 0 saturated heterocycles. The molecule has 0 aliphatic carbocycles. The molecule has 0 fully saturated rings. The first-order chi connectivity index (χ1) is 15.7. The minimum absolute atomic E-state index is 0.648. The predicted molar refractivity (Wildman–Crippen MR) is 145 cm³/mol. The highest BCUT2D eigenvalue weighted by molar-refractivity contribution is 5.17. The highest BCUT2D eigenvalue weighted by Gasteiger charge is 2.33. The molecule has 0 radical (unpaired) electrons. The molecule has 0 N–H and O–H groups in total. The molecule has 1 nitrogen and oxygen atoms in total. The Morgan fingerprint density at radius 1 is 0.625 bits per heavy atom. The maximum absolute atomic E-state index is 2.44. The van der Waals surface area contributed by atoms with Gasteiger partial charge in [-0.05, 0) is 52.4 Å². The lowest BCUT2D eigenvalue weighted by Gasteiger charge is -2.44. The monoisotopic (exact) mass is 442 g/mol. The fourth-order valence-corrected chi connectivity index (χ4v) is 5.43. The Kier molecular flexibility index (Phi) is 17.5. The van der Waals surface area contributed by atoms with Gasteiger partial charge in [0, 0.05) is 12.0 Å². The number of quaternary nitrogens is 1. The Bertz CT molecular complexity index is 543. The van der Waals surface area contributed by atoms with E-state index in [-0.39, 0.29) is 0 Å². The van der Waals surface area contributed by atoms with Gasteiger partial charge in [0.2, 0.25) is 0 Å². The Hall–Kier alpha value is -1.08. The Balaban J connectivity index is 2.14. The van der Waals surface area contributed by atoms with Gasteiger partial charge in [-0.3, -0.25) is 0 Å².